The maximum Gasteiger partial charge on any atom is 0.240 e. The summed E-state index contributed by atoms with van der Waals surface area (Å²) in [7, 11) is 0. The molecule has 6 heteroatoms. The molecule has 0 aromatic carbocycles. The molecular formula is C10H13N3OS2. The first-order valence-corrected chi connectivity index (χ1v) is 7.16. The van der Waals surface area contributed by atoms with E-state index in [1.165, 1.54) is 0 Å². The van der Waals surface area contributed by atoms with Gasteiger partial charge in [0.05, 0.1) is 11.3 Å². The van der Waals surface area contributed by atoms with E-state index in [9.17, 15) is 0 Å². The minimum absolute atomic E-state index is 0.198. The predicted molar refractivity (Wildman–Crippen MR) is 65.3 cm³/mol. The number of thioether (sulfide) groups is 2. The Morgan fingerprint density at radius 3 is 3.00 bits per heavy atom. The molecule has 1 aliphatic rings. The summed E-state index contributed by atoms with van der Waals surface area (Å²) in [6.07, 6.45) is 0.198. The Morgan fingerprint density at radius 2 is 2.31 bits per heavy atom. The van der Waals surface area contributed by atoms with Crippen LogP contribution in [-0.4, -0.2) is 26.4 Å². The van der Waals surface area contributed by atoms with Crippen LogP contribution in [0.2, 0.25) is 0 Å². The molecule has 0 spiro atoms. The molecular weight excluding hydrogens is 242 g/mol. The Morgan fingerprint density at radius 1 is 1.50 bits per heavy atom. The minimum atomic E-state index is 0.198. The lowest BCUT2D eigenvalue weighted by molar-refractivity contribution is 0.381. The molecule has 1 fully saturated rings. The number of hydrogen-bond donors (Lipinski definition) is 0. The van der Waals surface area contributed by atoms with Crippen LogP contribution in [0.4, 0.5) is 0 Å². The summed E-state index contributed by atoms with van der Waals surface area (Å²) in [6.45, 7) is 4.47. The molecule has 0 aliphatic carbocycles. The third kappa shape index (κ3) is 2.53. The Bertz CT molecular complexity index is 401. The monoisotopic (exact) mass is 255 g/mol. The van der Waals surface area contributed by atoms with E-state index < -0.39 is 0 Å². The summed E-state index contributed by atoms with van der Waals surface area (Å²) >= 11 is 3.83. The number of nitriles is 1. The van der Waals surface area contributed by atoms with Gasteiger partial charge in [0.1, 0.15) is 6.42 Å². The Kier molecular flexibility index (Phi) is 3.77. The molecule has 0 amide bonds. The average Bonchev–Trinajstić information content (AvgIpc) is 2.71. The van der Waals surface area contributed by atoms with Crippen LogP contribution in [0.25, 0.3) is 0 Å². The van der Waals surface area contributed by atoms with Crippen molar-refractivity contribution in [2.75, 3.05) is 5.75 Å². The predicted octanol–water partition coefficient (Wildman–Crippen LogP) is 2.43. The summed E-state index contributed by atoms with van der Waals surface area (Å²) in [5.41, 5.74) is 0. The van der Waals surface area contributed by atoms with Crippen molar-refractivity contribution in [2.45, 2.75) is 36.0 Å². The molecule has 16 heavy (non-hydrogen) atoms. The van der Waals surface area contributed by atoms with Gasteiger partial charge in [0, 0.05) is 16.3 Å². The van der Waals surface area contributed by atoms with Gasteiger partial charge < -0.3 is 4.52 Å². The normalized spacial score (nSPS) is 29.9. The highest BCUT2D eigenvalue weighted by atomic mass is 32.2. The molecule has 2 heterocycles. The third-order valence-electron chi connectivity index (χ3n) is 2.55. The second-order valence-electron chi connectivity index (χ2n) is 3.75. The SMILES string of the molecule is CC1SCC(c2noc(CC#N)n2)SC1C. The maximum absolute atomic E-state index is 8.53. The summed E-state index contributed by atoms with van der Waals surface area (Å²) < 4.78 is 5.01. The van der Waals surface area contributed by atoms with E-state index in [1.54, 1.807) is 0 Å². The van der Waals surface area contributed by atoms with E-state index in [4.69, 9.17) is 9.78 Å². The first-order chi connectivity index (χ1) is 7.70. The van der Waals surface area contributed by atoms with Crippen molar-refractivity contribution >= 4 is 23.5 Å². The van der Waals surface area contributed by atoms with Crippen molar-refractivity contribution < 1.29 is 4.52 Å². The molecule has 0 bridgehead atoms. The smallest absolute Gasteiger partial charge is 0.240 e. The van der Waals surface area contributed by atoms with E-state index in [2.05, 4.69) is 24.0 Å². The Labute approximate surface area is 103 Å². The van der Waals surface area contributed by atoms with Crippen LogP contribution >= 0.6 is 23.5 Å². The van der Waals surface area contributed by atoms with E-state index in [0.29, 0.717) is 21.6 Å². The fourth-order valence-corrected chi connectivity index (χ4v) is 4.29. The highest BCUT2D eigenvalue weighted by Crippen LogP contribution is 2.43. The average molecular weight is 255 g/mol. The van der Waals surface area contributed by atoms with Crippen LogP contribution < -0.4 is 0 Å². The highest BCUT2D eigenvalue weighted by Gasteiger charge is 2.29. The zero-order chi connectivity index (χ0) is 11.5. The molecule has 1 aromatic heterocycles. The number of rotatable bonds is 2. The fraction of sp³-hybridized carbons (Fsp3) is 0.700. The number of aromatic nitrogens is 2. The van der Waals surface area contributed by atoms with Crippen molar-refractivity contribution in [3.05, 3.63) is 11.7 Å². The fourth-order valence-electron chi connectivity index (χ4n) is 1.46. The van der Waals surface area contributed by atoms with Gasteiger partial charge in [-0.05, 0) is 0 Å². The molecule has 86 valence electrons. The lowest BCUT2D eigenvalue weighted by atomic mass is 10.3. The van der Waals surface area contributed by atoms with Crippen LogP contribution in [0.5, 0.6) is 0 Å². The van der Waals surface area contributed by atoms with Gasteiger partial charge in [0.2, 0.25) is 5.89 Å². The molecule has 2 rings (SSSR count). The van der Waals surface area contributed by atoms with E-state index in [0.717, 1.165) is 11.6 Å². The van der Waals surface area contributed by atoms with Crippen molar-refractivity contribution in [3.8, 4) is 6.07 Å². The first-order valence-electron chi connectivity index (χ1n) is 5.17. The molecule has 4 nitrogen and oxygen atoms in total. The van der Waals surface area contributed by atoms with E-state index >= 15 is 0 Å². The van der Waals surface area contributed by atoms with Crippen molar-refractivity contribution in [3.63, 3.8) is 0 Å². The van der Waals surface area contributed by atoms with Gasteiger partial charge in [-0.3, -0.25) is 0 Å². The molecule has 3 unspecified atom stereocenters. The van der Waals surface area contributed by atoms with Crippen molar-refractivity contribution in [2.24, 2.45) is 0 Å². The number of nitrogens with zero attached hydrogens (tertiary/aromatic N) is 3. The van der Waals surface area contributed by atoms with Crippen LogP contribution in [0.15, 0.2) is 4.52 Å². The number of hydrogen-bond acceptors (Lipinski definition) is 6. The summed E-state index contributed by atoms with van der Waals surface area (Å²) in [6, 6.07) is 2.01. The van der Waals surface area contributed by atoms with Gasteiger partial charge in [-0.25, -0.2) is 0 Å². The van der Waals surface area contributed by atoms with E-state index in [1.807, 2.05) is 29.6 Å². The van der Waals surface area contributed by atoms with E-state index in [-0.39, 0.29) is 6.42 Å². The Hall–Kier alpha value is -0.670. The van der Waals surface area contributed by atoms with Gasteiger partial charge >= 0.3 is 0 Å². The minimum Gasteiger partial charge on any atom is -0.338 e. The standard InChI is InChI=1S/C10H13N3OS2/c1-6-7(2)16-8(5-15-6)10-12-9(3-4-11)14-13-10/h6-8H,3,5H2,1-2H3. The van der Waals surface area contributed by atoms with Crippen LogP contribution in [0.1, 0.15) is 30.8 Å². The first kappa shape index (κ1) is 11.8. The second-order valence-corrected chi connectivity index (χ2v) is 6.74. The molecule has 1 saturated heterocycles. The van der Waals surface area contributed by atoms with Crippen LogP contribution in [0, 0.1) is 11.3 Å². The second kappa shape index (κ2) is 5.11. The van der Waals surface area contributed by atoms with Crippen LogP contribution in [0.3, 0.4) is 0 Å². The maximum atomic E-state index is 8.53. The third-order valence-corrected chi connectivity index (χ3v) is 5.94. The quantitative estimate of drug-likeness (QED) is 0.808. The lowest BCUT2D eigenvalue weighted by Crippen LogP contribution is -2.22. The highest BCUT2D eigenvalue weighted by molar-refractivity contribution is 8.07. The zero-order valence-corrected chi connectivity index (χ0v) is 10.8. The molecule has 1 aliphatic heterocycles. The molecule has 0 saturated carbocycles. The lowest BCUT2D eigenvalue weighted by Gasteiger charge is -2.29. The van der Waals surface area contributed by atoms with Crippen molar-refractivity contribution in [1.29, 1.82) is 5.26 Å². The topological polar surface area (TPSA) is 62.7 Å². The summed E-state index contributed by atoms with van der Waals surface area (Å²) in [4.78, 5) is 4.25. The largest absolute Gasteiger partial charge is 0.338 e. The van der Waals surface area contributed by atoms with Gasteiger partial charge in [-0.2, -0.15) is 22.0 Å². The van der Waals surface area contributed by atoms with Gasteiger partial charge in [-0.1, -0.05) is 19.0 Å². The van der Waals surface area contributed by atoms with Gasteiger partial charge in [0.15, 0.2) is 5.82 Å². The summed E-state index contributed by atoms with van der Waals surface area (Å²) in [5, 5.41) is 14.0. The van der Waals surface area contributed by atoms with Crippen LogP contribution in [-0.2, 0) is 6.42 Å². The van der Waals surface area contributed by atoms with Crippen molar-refractivity contribution in [1.82, 2.24) is 10.1 Å². The molecule has 0 radical (unpaired) electrons. The molecule has 3 atom stereocenters. The van der Waals surface area contributed by atoms with Gasteiger partial charge in [0.25, 0.3) is 0 Å². The Balaban J connectivity index is 2.04. The molecule has 0 N–H and O–H groups in total. The van der Waals surface area contributed by atoms with Gasteiger partial charge in [-0.15, -0.1) is 11.8 Å². The summed E-state index contributed by atoms with van der Waals surface area (Å²) in [5.74, 6) is 2.18. The molecule has 1 aromatic rings. The zero-order valence-electron chi connectivity index (χ0n) is 9.21.